The molecular formula is C21H22ClF3N2O4. The lowest BCUT2D eigenvalue weighted by molar-refractivity contribution is -0.342. The van der Waals surface area contributed by atoms with E-state index in [1.165, 1.54) is 24.0 Å². The molecule has 0 aromatic heterocycles. The van der Waals surface area contributed by atoms with Crippen LogP contribution in [0.4, 0.5) is 13.2 Å². The van der Waals surface area contributed by atoms with Gasteiger partial charge in [-0.05, 0) is 18.1 Å². The predicted octanol–water partition coefficient (Wildman–Crippen LogP) is 3.32. The molecule has 0 saturated carbocycles. The molecule has 0 radical (unpaired) electrons. The molecule has 6 nitrogen and oxygen atoms in total. The smallest absolute Gasteiger partial charge is 0.393 e. The fraction of sp³-hybridized carbons (Fsp3) is 0.429. The van der Waals surface area contributed by atoms with Crippen molar-refractivity contribution in [2.24, 2.45) is 0 Å². The minimum absolute atomic E-state index is 0.0366. The molecule has 31 heavy (non-hydrogen) atoms. The van der Waals surface area contributed by atoms with Gasteiger partial charge >= 0.3 is 6.36 Å². The number of piperidine rings is 1. The van der Waals surface area contributed by atoms with Crippen molar-refractivity contribution in [1.82, 2.24) is 10.2 Å². The number of aliphatic hydroxyl groups excluding tert-OH is 1. The first kappa shape index (κ1) is 23.3. The lowest BCUT2D eigenvalue weighted by Crippen LogP contribution is -2.54. The van der Waals surface area contributed by atoms with Crippen LogP contribution >= 0.6 is 11.6 Å². The molecule has 10 heteroatoms. The molecule has 1 aromatic rings. The highest BCUT2D eigenvalue weighted by atomic mass is 35.5. The molecule has 1 saturated heterocycles. The fourth-order valence-electron chi connectivity index (χ4n) is 3.81. The molecule has 2 aliphatic rings. The Labute approximate surface area is 182 Å². The van der Waals surface area contributed by atoms with Crippen LogP contribution in [0.3, 0.4) is 0 Å². The lowest BCUT2D eigenvalue weighted by Gasteiger charge is -2.37. The van der Waals surface area contributed by atoms with Crippen LogP contribution in [-0.2, 0) is 14.3 Å². The molecule has 1 fully saturated rings. The van der Waals surface area contributed by atoms with Gasteiger partial charge < -0.3 is 15.3 Å². The predicted molar refractivity (Wildman–Crippen MR) is 107 cm³/mol. The summed E-state index contributed by atoms with van der Waals surface area (Å²) in [5, 5.41) is 10.2. The Balaban J connectivity index is 1.86. The monoisotopic (exact) mass is 458 g/mol. The highest BCUT2D eigenvalue weighted by Crippen LogP contribution is 2.45. The summed E-state index contributed by atoms with van der Waals surface area (Å²) in [6.07, 6.45) is -3.02. The van der Waals surface area contributed by atoms with Gasteiger partial charge in [-0.25, -0.2) is 0 Å². The summed E-state index contributed by atoms with van der Waals surface area (Å²) in [5.41, 5.74) is 0.651. The first-order valence-electron chi connectivity index (χ1n) is 9.67. The molecule has 1 aromatic carbocycles. The third-order valence-electron chi connectivity index (χ3n) is 5.20. The van der Waals surface area contributed by atoms with Crippen molar-refractivity contribution in [3.05, 3.63) is 53.7 Å². The Hall–Kier alpha value is -2.36. The summed E-state index contributed by atoms with van der Waals surface area (Å²) >= 11 is 6.32. The van der Waals surface area contributed by atoms with Crippen LogP contribution in [-0.4, -0.2) is 51.9 Å². The van der Waals surface area contributed by atoms with E-state index < -0.39 is 35.9 Å². The molecule has 168 valence electrons. The molecule has 0 spiro atoms. The number of hydrogen-bond donors (Lipinski definition) is 2. The van der Waals surface area contributed by atoms with Gasteiger partial charge in [0.15, 0.2) is 5.06 Å². The maximum atomic E-state index is 13.1. The quantitative estimate of drug-likeness (QED) is 0.678. The topological polar surface area (TPSA) is 78.9 Å². The van der Waals surface area contributed by atoms with Crippen LogP contribution in [0.25, 0.3) is 5.57 Å². The van der Waals surface area contributed by atoms with Crippen LogP contribution < -0.4 is 5.32 Å². The second-order valence-electron chi connectivity index (χ2n) is 7.49. The largest absolute Gasteiger partial charge is 0.524 e. The maximum absolute atomic E-state index is 13.1. The second kappa shape index (κ2) is 9.02. The van der Waals surface area contributed by atoms with Gasteiger partial charge in [0.25, 0.3) is 0 Å². The molecule has 1 heterocycles. The fourth-order valence-corrected chi connectivity index (χ4v) is 4.21. The molecule has 3 atom stereocenters. The zero-order valence-electron chi connectivity index (χ0n) is 16.7. The van der Waals surface area contributed by atoms with Crippen LogP contribution in [0.15, 0.2) is 48.2 Å². The van der Waals surface area contributed by atoms with Gasteiger partial charge in [-0.15, -0.1) is 13.2 Å². The summed E-state index contributed by atoms with van der Waals surface area (Å²) < 4.78 is 43.6. The highest BCUT2D eigenvalue weighted by molar-refractivity contribution is 6.29. The average molecular weight is 459 g/mol. The second-order valence-corrected chi connectivity index (χ2v) is 8.10. The van der Waals surface area contributed by atoms with E-state index in [1.54, 1.807) is 30.3 Å². The summed E-state index contributed by atoms with van der Waals surface area (Å²) in [4.78, 5) is 26.0. The molecule has 2 amide bonds. The molecule has 1 aliphatic carbocycles. The third-order valence-corrected chi connectivity index (χ3v) is 5.61. The standard InChI is InChI=1S/C21H22ClF3N2O4/c1-13(28)27-10-9-16(29)11-18(27)19(30)26-15-7-8-17(14-5-3-2-4-6-14)20(22,12-15)31-21(23,24)25/h2-8,16,18,29H,9-12H2,1H3,(H,26,30)/t16-,18-,20?/m1/s1. The summed E-state index contributed by atoms with van der Waals surface area (Å²) in [6, 6.07) is 7.31. The number of amides is 2. The van der Waals surface area contributed by atoms with E-state index in [2.05, 4.69) is 10.1 Å². The number of ether oxygens (including phenoxy) is 1. The molecule has 2 N–H and O–H groups in total. The SMILES string of the molecule is CC(=O)N1CC[C@@H](O)C[C@@H]1C(=O)NC1=CC=C(c2ccccc2)C(Cl)(OC(F)(F)F)C1. The van der Waals surface area contributed by atoms with Crippen LogP contribution in [0.1, 0.15) is 31.7 Å². The number of alkyl halides is 4. The van der Waals surface area contributed by atoms with Crippen LogP contribution in [0, 0.1) is 0 Å². The lowest BCUT2D eigenvalue weighted by atomic mass is 9.92. The van der Waals surface area contributed by atoms with Gasteiger partial charge in [-0.1, -0.05) is 48.0 Å². The van der Waals surface area contributed by atoms with E-state index >= 15 is 0 Å². The summed E-state index contributed by atoms with van der Waals surface area (Å²) in [7, 11) is 0. The number of benzene rings is 1. The number of nitrogens with zero attached hydrogens (tertiary/aromatic N) is 1. The normalized spacial score (nSPS) is 26.7. The highest BCUT2D eigenvalue weighted by Gasteiger charge is 2.47. The minimum Gasteiger partial charge on any atom is -0.393 e. The van der Waals surface area contributed by atoms with Crippen molar-refractivity contribution in [1.29, 1.82) is 0 Å². The Bertz CT molecular complexity index is 904. The zero-order valence-corrected chi connectivity index (χ0v) is 17.4. The van der Waals surface area contributed by atoms with E-state index in [1.807, 2.05) is 0 Å². The Morgan fingerprint density at radius 1 is 1.26 bits per heavy atom. The van der Waals surface area contributed by atoms with Gasteiger partial charge in [0, 0.05) is 37.6 Å². The van der Waals surface area contributed by atoms with Crippen molar-refractivity contribution in [2.75, 3.05) is 6.54 Å². The van der Waals surface area contributed by atoms with Gasteiger partial charge in [0.2, 0.25) is 11.8 Å². The minimum atomic E-state index is -5.01. The number of carbonyl (C=O) groups excluding carboxylic acids is 2. The van der Waals surface area contributed by atoms with Gasteiger partial charge in [0.05, 0.1) is 6.10 Å². The number of rotatable bonds is 4. The summed E-state index contributed by atoms with van der Waals surface area (Å²) in [6.45, 7) is 1.52. The Morgan fingerprint density at radius 3 is 2.55 bits per heavy atom. The van der Waals surface area contributed by atoms with Gasteiger partial charge in [-0.2, -0.15) is 0 Å². The van der Waals surface area contributed by atoms with Crippen molar-refractivity contribution in [3.8, 4) is 0 Å². The Kier molecular flexibility index (Phi) is 6.78. The first-order chi connectivity index (χ1) is 14.5. The number of aliphatic hydroxyl groups is 1. The number of likely N-dealkylation sites (tertiary alicyclic amines) is 1. The van der Waals surface area contributed by atoms with Crippen LogP contribution in [0.2, 0.25) is 0 Å². The average Bonchev–Trinajstić information content (AvgIpc) is 2.66. The van der Waals surface area contributed by atoms with Crippen molar-refractivity contribution in [3.63, 3.8) is 0 Å². The zero-order chi connectivity index (χ0) is 22.8. The van der Waals surface area contributed by atoms with Crippen molar-refractivity contribution < 1.29 is 32.6 Å². The molecule has 3 rings (SSSR count). The molecule has 1 aliphatic heterocycles. The number of allylic oxidation sites excluding steroid dienone is 2. The van der Waals surface area contributed by atoms with Gasteiger partial charge in [-0.3, -0.25) is 14.3 Å². The Morgan fingerprint density at radius 2 is 1.94 bits per heavy atom. The van der Waals surface area contributed by atoms with Crippen molar-refractivity contribution in [2.45, 2.75) is 49.8 Å². The number of halogens is 4. The van der Waals surface area contributed by atoms with Crippen LogP contribution in [0.5, 0.6) is 0 Å². The van der Waals surface area contributed by atoms with E-state index in [0.717, 1.165) is 0 Å². The third kappa shape index (κ3) is 5.66. The van der Waals surface area contributed by atoms with Crippen molar-refractivity contribution >= 4 is 29.0 Å². The number of nitrogens with one attached hydrogen (secondary N) is 1. The number of hydrogen-bond acceptors (Lipinski definition) is 4. The maximum Gasteiger partial charge on any atom is 0.524 e. The number of carbonyl (C=O) groups is 2. The van der Waals surface area contributed by atoms with E-state index in [0.29, 0.717) is 12.0 Å². The first-order valence-corrected chi connectivity index (χ1v) is 10.0. The molecular weight excluding hydrogens is 437 g/mol. The summed E-state index contributed by atoms with van der Waals surface area (Å²) in [5.74, 6) is -0.939. The van der Waals surface area contributed by atoms with E-state index in [9.17, 15) is 27.9 Å². The van der Waals surface area contributed by atoms with E-state index in [4.69, 9.17) is 11.6 Å². The van der Waals surface area contributed by atoms with E-state index in [-0.39, 0.29) is 30.1 Å². The molecule has 1 unspecified atom stereocenters. The van der Waals surface area contributed by atoms with Gasteiger partial charge in [0.1, 0.15) is 6.04 Å². The molecule has 0 bridgehead atoms.